The molecule has 25 heavy (non-hydrogen) atoms. The molecule has 0 radical (unpaired) electrons. The fraction of sp³-hybridized carbons (Fsp3) is 0.0588. The molecular formula is C17H15BClN3O3. The topological polar surface area (TPSA) is 87.5 Å². The van der Waals surface area contributed by atoms with E-state index in [4.69, 9.17) is 26.4 Å². The molecule has 0 saturated carbocycles. The standard InChI is InChI=1S/C17H15BClN3O3/c19-12-3-1-4-13(9-12)22-17-15-10-14(25-8-2-7-18(23)24)5-6-16(15)20-11-21-17/h1-7,9-11,23-24H,8H2,(H,20,21,22)/b7-2+. The van der Waals surface area contributed by atoms with Crippen molar-refractivity contribution in [1.29, 1.82) is 0 Å². The fourth-order valence-electron chi connectivity index (χ4n) is 2.25. The summed E-state index contributed by atoms with van der Waals surface area (Å²) in [6, 6.07) is 12.8. The predicted molar refractivity (Wildman–Crippen MR) is 99.1 cm³/mol. The molecule has 3 N–H and O–H groups in total. The van der Waals surface area contributed by atoms with E-state index in [9.17, 15) is 0 Å². The third-order valence-corrected chi connectivity index (χ3v) is 3.58. The van der Waals surface area contributed by atoms with Gasteiger partial charge in [-0.1, -0.05) is 29.7 Å². The molecule has 0 atom stereocenters. The summed E-state index contributed by atoms with van der Waals surface area (Å²) in [6.45, 7) is 0.216. The Labute approximate surface area is 149 Å². The minimum Gasteiger partial charge on any atom is -0.490 e. The number of hydrogen-bond acceptors (Lipinski definition) is 6. The van der Waals surface area contributed by atoms with Crippen molar-refractivity contribution in [3.05, 3.63) is 65.9 Å². The number of nitrogens with one attached hydrogen (secondary N) is 1. The van der Waals surface area contributed by atoms with Crippen LogP contribution in [0.4, 0.5) is 11.5 Å². The van der Waals surface area contributed by atoms with Crippen LogP contribution in [-0.4, -0.2) is 33.7 Å². The van der Waals surface area contributed by atoms with Crippen molar-refractivity contribution in [2.24, 2.45) is 0 Å². The van der Waals surface area contributed by atoms with E-state index < -0.39 is 7.12 Å². The van der Waals surface area contributed by atoms with Gasteiger partial charge in [0.1, 0.15) is 24.5 Å². The van der Waals surface area contributed by atoms with Gasteiger partial charge in [-0.2, -0.15) is 0 Å². The first kappa shape index (κ1) is 17.2. The lowest BCUT2D eigenvalue weighted by Gasteiger charge is -2.10. The minimum absolute atomic E-state index is 0.216. The molecule has 126 valence electrons. The summed E-state index contributed by atoms with van der Waals surface area (Å²) in [5.41, 5.74) is 1.59. The molecule has 0 aliphatic rings. The van der Waals surface area contributed by atoms with Gasteiger partial charge in [0, 0.05) is 16.1 Å². The Morgan fingerprint density at radius 1 is 1.16 bits per heavy atom. The fourth-order valence-corrected chi connectivity index (χ4v) is 2.44. The van der Waals surface area contributed by atoms with E-state index in [1.165, 1.54) is 18.4 Å². The Morgan fingerprint density at radius 3 is 2.84 bits per heavy atom. The van der Waals surface area contributed by atoms with E-state index in [1.54, 1.807) is 18.2 Å². The van der Waals surface area contributed by atoms with Gasteiger partial charge in [-0.15, -0.1) is 0 Å². The monoisotopic (exact) mass is 355 g/mol. The second-order valence-corrected chi connectivity index (χ2v) is 5.63. The van der Waals surface area contributed by atoms with Gasteiger partial charge >= 0.3 is 7.12 Å². The molecule has 0 unspecified atom stereocenters. The molecule has 8 heteroatoms. The van der Waals surface area contributed by atoms with Gasteiger partial charge in [0.05, 0.1) is 5.52 Å². The van der Waals surface area contributed by atoms with E-state index in [0.29, 0.717) is 16.6 Å². The summed E-state index contributed by atoms with van der Waals surface area (Å²) in [7, 11) is -1.48. The quantitative estimate of drug-likeness (QED) is 0.589. The number of anilines is 2. The Bertz CT molecular complexity index is 905. The van der Waals surface area contributed by atoms with Crippen molar-refractivity contribution in [2.45, 2.75) is 0 Å². The van der Waals surface area contributed by atoms with Crippen LogP contribution in [0.15, 0.2) is 60.8 Å². The number of aromatic nitrogens is 2. The zero-order valence-electron chi connectivity index (χ0n) is 13.1. The number of fused-ring (bicyclic) bond motifs is 1. The maximum Gasteiger partial charge on any atom is 0.480 e. The highest BCUT2D eigenvalue weighted by Crippen LogP contribution is 2.27. The molecule has 0 bridgehead atoms. The zero-order valence-corrected chi connectivity index (χ0v) is 13.9. The Kier molecular flexibility index (Phi) is 5.50. The molecule has 0 aliphatic carbocycles. The highest BCUT2D eigenvalue weighted by molar-refractivity contribution is 6.47. The van der Waals surface area contributed by atoms with Crippen molar-refractivity contribution in [1.82, 2.24) is 9.97 Å². The Balaban J connectivity index is 1.84. The molecule has 0 aliphatic heterocycles. The summed E-state index contributed by atoms with van der Waals surface area (Å²) in [5.74, 6) is 2.49. The largest absolute Gasteiger partial charge is 0.490 e. The van der Waals surface area contributed by atoms with Crippen LogP contribution < -0.4 is 10.1 Å². The number of hydrogen-bond donors (Lipinski definition) is 3. The van der Waals surface area contributed by atoms with Gasteiger partial charge in [-0.3, -0.25) is 0 Å². The van der Waals surface area contributed by atoms with Gasteiger partial charge < -0.3 is 20.1 Å². The smallest absolute Gasteiger partial charge is 0.480 e. The summed E-state index contributed by atoms with van der Waals surface area (Å²) in [4.78, 5) is 8.54. The van der Waals surface area contributed by atoms with Crippen molar-refractivity contribution in [2.75, 3.05) is 11.9 Å². The third kappa shape index (κ3) is 4.70. The lowest BCUT2D eigenvalue weighted by molar-refractivity contribution is 0.362. The van der Waals surface area contributed by atoms with Gasteiger partial charge in [-0.05, 0) is 36.4 Å². The van der Waals surface area contributed by atoms with Crippen molar-refractivity contribution in [3.8, 4) is 5.75 Å². The SMILES string of the molecule is OB(O)/C=C/COc1ccc2ncnc(Nc3cccc(Cl)c3)c2c1. The van der Waals surface area contributed by atoms with Gasteiger partial charge in [0.15, 0.2) is 0 Å². The normalized spacial score (nSPS) is 11.0. The van der Waals surface area contributed by atoms with E-state index in [2.05, 4.69) is 15.3 Å². The molecule has 0 saturated heterocycles. The van der Waals surface area contributed by atoms with Gasteiger partial charge in [0.25, 0.3) is 0 Å². The first-order chi connectivity index (χ1) is 12.1. The number of halogens is 1. The Hall–Kier alpha value is -2.61. The molecule has 3 rings (SSSR count). The predicted octanol–water partition coefficient (Wildman–Crippen LogP) is 2.97. The van der Waals surface area contributed by atoms with E-state index in [-0.39, 0.29) is 6.61 Å². The molecular weight excluding hydrogens is 340 g/mol. The second kappa shape index (κ2) is 7.98. The lowest BCUT2D eigenvalue weighted by atomic mass is 9.92. The van der Waals surface area contributed by atoms with E-state index >= 15 is 0 Å². The van der Waals surface area contributed by atoms with Crippen LogP contribution in [-0.2, 0) is 0 Å². The van der Waals surface area contributed by atoms with Crippen molar-refractivity contribution < 1.29 is 14.8 Å². The van der Waals surface area contributed by atoms with Crippen LogP contribution in [0, 0.1) is 0 Å². The average Bonchev–Trinajstić information content (AvgIpc) is 2.59. The Morgan fingerprint density at radius 2 is 2.04 bits per heavy atom. The summed E-state index contributed by atoms with van der Waals surface area (Å²) >= 11 is 6.01. The maximum atomic E-state index is 8.77. The van der Waals surface area contributed by atoms with Crippen LogP contribution in [0.3, 0.4) is 0 Å². The van der Waals surface area contributed by atoms with Crippen molar-refractivity contribution in [3.63, 3.8) is 0 Å². The van der Waals surface area contributed by atoms with Crippen LogP contribution in [0.25, 0.3) is 10.9 Å². The minimum atomic E-state index is -1.48. The first-order valence-corrected chi connectivity index (χ1v) is 7.92. The van der Waals surface area contributed by atoms with Crippen molar-refractivity contribution >= 4 is 41.1 Å². The van der Waals surface area contributed by atoms with Crippen LogP contribution >= 0.6 is 11.6 Å². The van der Waals surface area contributed by atoms with Crippen LogP contribution in [0.5, 0.6) is 5.75 Å². The molecule has 3 aromatic rings. The van der Waals surface area contributed by atoms with Gasteiger partial charge in [0.2, 0.25) is 0 Å². The molecule has 6 nitrogen and oxygen atoms in total. The molecule has 2 aromatic carbocycles. The summed E-state index contributed by atoms with van der Waals surface area (Å²) < 4.78 is 5.58. The molecule has 1 heterocycles. The first-order valence-electron chi connectivity index (χ1n) is 7.55. The molecule has 0 spiro atoms. The number of benzene rings is 2. The number of ether oxygens (including phenoxy) is 1. The van der Waals surface area contributed by atoms with Crippen LogP contribution in [0.2, 0.25) is 5.02 Å². The summed E-state index contributed by atoms with van der Waals surface area (Å²) in [5, 5.41) is 22.2. The molecule has 0 fully saturated rings. The van der Waals surface area contributed by atoms with Crippen LogP contribution in [0.1, 0.15) is 0 Å². The van der Waals surface area contributed by atoms with E-state index in [0.717, 1.165) is 16.6 Å². The second-order valence-electron chi connectivity index (χ2n) is 5.19. The highest BCUT2D eigenvalue weighted by atomic mass is 35.5. The number of rotatable bonds is 6. The third-order valence-electron chi connectivity index (χ3n) is 3.35. The number of nitrogens with zero attached hydrogens (tertiary/aromatic N) is 2. The lowest BCUT2D eigenvalue weighted by Crippen LogP contribution is -2.06. The molecule has 0 amide bonds. The highest BCUT2D eigenvalue weighted by Gasteiger charge is 2.06. The average molecular weight is 356 g/mol. The molecule has 1 aromatic heterocycles. The summed E-state index contributed by atoms with van der Waals surface area (Å²) in [6.07, 6.45) is 3.02. The maximum absolute atomic E-state index is 8.77. The van der Waals surface area contributed by atoms with E-state index in [1.807, 2.05) is 24.3 Å². The van der Waals surface area contributed by atoms with Gasteiger partial charge in [-0.25, -0.2) is 9.97 Å². The zero-order chi connectivity index (χ0) is 17.6.